The zero-order chi connectivity index (χ0) is 16.4. The summed E-state index contributed by atoms with van der Waals surface area (Å²) in [5.74, 6) is -0.240. The first kappa shape index (κ1) is 18.0. The summed E-state index contributed by atoms with van der Waals surface area (Å²) in [6.07, 6.45) is -4.69. The first-order valence-electron chi connectivity index (χ1n) is 5.53. The third-order valence-electron chi connectivity index (χ3n) is 2.56. The Kier molecular flexibility index (Phi) is 5.48. The molecular formula is C11H13ClF3NO4S. The molecule has 1 aromatic carbocycles. The molecule has 0 fully saturated rings. The van der Waals surface area contributed by atoms with Gasteiger partial charge in [0.15, 0.2) is 0 Å². The van der Waals surface area contributed by atoms with Crippen LogP contribution in [0, 0.1) is 0 Å². The van der Waals surface area contributed by atoms with Gasteiger partial charge >= 0.3 is 6.18 Å². The molecule has 5 nitrogen and oxygen atoms in total. The summed E-state index contributed by atoms with van der Waals surface area (Å²) in [6.45, 7) is -2.23. The number of nitrogens with zero attached hydrogens (tertiary/aromatic N) is 1. The minimum Gasteiger partial charge on any atom is -0.495 e. The molecule has 120 valence electrons. The molecule has 0 heterocycles. The number of hydrogen-bond donors (Lipinski definition) is 1. The maximum atomic E-state index is 12.4. The summed E-state index contributed by atoms with van der Waals surface area (Å²) in [4.78, 5) is -0.534. The van der Waals surface area contributed by atoms with E-state index in [-0.39, 0.29) is 20.6 Å². The van der Waals surface area contributed by atoms with Gasteiger partial charge in [0.1, 0.15) is 17.2 Å². The molecule has 0 aliphatic rings. The molecule has 0 aromatic heterocycles. The van der Waals surface area contributed by atoms with E-state index < -0.39 is 34.2 Å². The van der Waals surface area contributed by atoms with Crippen molar-refractivity contribution < 1.29 is 31.4 Å². The Bertz CT molecular complexity index is 619. The van der Waals surface area contributed by atoms with Gasteiger partial charge in [0, 0.05) is 17.6 Å². The number of hydrogen-bond acceptors (Lipinski definition) is 4. The third-order valence-corrected chi connectivity index (χ3v) is 4.59. The van der Waals surface area contributed by atoms with Gasteiger partial charge < -0.3 is 9.84 Å². The number of benzene rings is 1. The number of ether oxygens (including phenoxy) is 1. The minimum absolute atomic E-state index is 0.0427. The molecule has 0 saturated carbocycles. The summed E-state index contributed by atoms with van der Waals surface area (Å²) in [5, 5.41) is 9.12. The topological polar surface area (TPSA) is 66.8 Å². The van der Waals surface area contributed by atoms with Gasteiger partial charge in [-0.15, -0.1) is 0 Å². The molecule has 0 spiro atoms. The molecule has 10 heteroatoms. The molecule has 0 aliphatic heterocycles. The van der Waals surface area contributed by atoms with Gasteiger partial charge in [0.05, 0.1) is 13.7 Å². The van der Waals surface area contributed by atoms with Crippen molar-refractivity contribution in [3.05, 3.63) is 22.7 Å². The average molecular weight is 348 g/mol. The summed E-state index contributed by atoms with van der Waals surface area (Å²) in [5.41, 5.74) is 0.0592. The van der Waals surface area contributed by atoms with E-state index in [1.165, 1.54) is 6.07 Å². The molecule has 1 rings (SSSR count). The fourth-order valence-corrected chi connectivity index (χ4v) is 3.35. The first-order chi connectivity index (χ1) is 9.52. The molecule has 0 unspecified atom stereocenters. The first-order valence-corrected chi connectivity index (χ1v) is 7.35. The van der Waals surface area contributed by atoms with Crippen molar-refractivity contribution in [3.8, 4) is 5.75 Å². The Labute approximate surface area is 124 Å². The van der Waals surface area contributed by atoms with Crippen LogP contribution in [0.25, 0.3) is 0 Å². The Hall–Kier alpha value is -1.03. The van der Waals surface area contributed by atoms with Crippen molar-refractivity contribution in [2.75, 3.05) is 20.7 Å². The molecule has 21 heavy (non-hydrogen) atoms. The van der Waals surface area contributed by atoms with E-state index in [0.29, 0.717) is 0 Å². The van der Waals surface area contributed by atoms with Crippen LogP contribution in [0.4, 0.5) is 13.2 Å². The lowest BCUT2D eigenvalue weighted by Crippen LogP contribution is -2.36. The smallest absolute Gasteiger partial charge is 0.402 e. The normalized spacial score (nSPS) is 12.8. The van der Waals surface area contributed by atoms with Gasteiger partial charge in [-0.25, -0.2) is 8.42 Å². The molecule has 0 aliphatic carbocycles. The number of methoxy groups -OCH3 is 1. The van der Waals surface area contributed by atoms with E-state index in [1.54, 1.807) is 0 Å². The summed E-state index contributed by atoms with van der Waals surface area (Å²) < 4.78 is 66.5. The van der Waals surface area contributed by atoms with Crippen LogP contribution in [0.3, 0.4) is 0 Å². The lowest BCUT2D eigenvalue weighted by Gasteiger charge is -2.21. The van der Waals surface area contributed by atoms with E-state index in [0.717, 1.165) is 20.2 Å². The molecule has 0 atom stereocenters. The second-order valence-electron chi connectivity index (χ2n) is 4.13. The number of alkyl halides is 3. The SMILES string of the molecule is COc1c(CO)cc(Cl)cc1S(=O)(=O)N(C)CC(F)(F)F. The standard InChI is InChI=1S/C11H13ClF3NO4S/c1-16(6-11(13,14)15)21(18,19)9-4-8(12)3-7(5-17)10(9)20-2/h3-4,17H,5-6H2,1-2H3. The van der Waals surface area contributed by atoms with Gasteiger partial charge in [-0.1, -0.05) is 11.6 Å². The molecule has 0 amide bonds. The number of aliphatic hydroxyl groups excluding tert-OH is 1. The maximum absolute atomic E-state index is 12.4. The number of aliphatic hydroxyl groups is 1. The maximum Gasteiger partial charge on any atom is 0.402 e. The molecule has 0 radical (unpaired) electrons. The molecule has 0 bridgehead atoms. The van der Waals surface area contributed by atoms with Crippen molar-refractivity contribution in [3.63, 3.8) is 0 Å². The highest BCUT2D eigenvalue weighted by Gasteiger charge is 2.36. The van der Waals surface area contributed by atoms with E-state index in [9.17, 15) is 21.6 Å². The Balaban J connectivity index is 3.40. The summed E-state index contributed by atoms with van der Waals surface area (Å²) in [7, 11) is -2.54. The fourth-order valence-electron chi connectivity index (χ4n) is 1.67. The van der Waals surface area contributed by atoms with Crippen LogP contribution >= 0.6 is 11.6 Å². The quantitative estimate of drug-likeness (QED) is 0.885. The Morgan fingerprint density at radius 2 is 1.95 bits per heavy atom. The van der Waals surface area contributed by atoms with Crippen LogP contribution in [0.5, 0.6) is 5.75 Å². The summed E-state index contributed by atoms with van der Waals surface area (Å²) >= 11 is 5.73. The van der Waals surface area contributed by atoms with Crippen molar-refractivity contribution >= 4 is 21.6 Å². The lowest BCUT2D eigenvalue weighted by molar-refractivity contribution is -0.134. The van der Waals surface area contributed by atoms with Crippen LogP contribution in [-0.4, -0.2) is 44.7 Å². The number of sulfonamides is 1. The zero-order valence-electron chi connectivity index (χ0n) is 11.1. The van der Waals surface area contributed by atoms with Crippen molar-refractivity contribution in [1.29, 1.82) is 0 Å². The van der Waals surface area contributed by atoms with Gasteiger partial charge in [-0.05, 0) is 12.1 Å². The average Bonchev–Trinajstić information content (AvgIpc) is 2.35. The third kappa shape index (κ3) is 4.22. The number of rotatable bonds is 5. The zero-order valence-corrected chi connectivity index (χ0v) is 12.7. The fraction of sp³-hybridized carbons (Fsp3) is 0.455. The van der Waals surface area contributed by atoms with Crippen LogP contribution in [-0.2, 0) is 16.6 Å². The van der Waals surface area contributed by atoms with E-state index >= 15 is 0 Å². The largest absolute Gasteiger partial charge is 0.495 e. The molecular weight excluding hydrogens is 335 g/mol. The predicted molar refractivity (Wildman–Crippen MR) is 69.8 cm³/mol. The Morgan fingerprint density at radius 1 is 1.38 bits per heavy atom. The van der Waals surface area contributed by atoms with Crippen LogP contribution < -0.4 is 4.74 Å². The summed E-state index contributed by atoms with van der Waals surface area (Å²) in [6, 6.07) is 2.24. The van der Waals surface area contributed by atoms with Crippen molar-refractivity contribution in [1.82, 2.24) is 4.31 Å². The minimum atomic E-state index is -4.69. The van der Waals surface area contributed by atoms with Gasteiger partial charge in [-0.2, -0.15) is 17.5 Å². The van der Waals surface area contributed by atoms with Crippen LogP contribution in [0.15, 0.2) is 17.0 Å². The lowest BCUT2D eigenvalue weighted by atomic mass is 10.2. The Morgan fingerprint density at radius 3 is 2.38 bits per heavy atom. The molecule has 1 aromatic rings. The van der Waals surface area contributed by atoms with Gasteiger partial charge in [0.2, 0.25) is 10.0 Å². The number of halogens is 4. The highest BCUT2D eigenvalue weighted by molar-refractivity contribution is 7.89. The van der Waals surface area contributed by atoms with Crippen LogP contribution in [0.1, 0.15) is 5.56 Å². The van der Waals surface area contributed by atoms with Crippen LogP contribution in [0.2, 0.25) is 5.02 Å². The predicted octanol–water partition coefficient (Wildman–Crippen LogP) is 2.02. The second kappa shape index (κ2) is 6.39. The second-order valence-corrected chi connectivity index (χ2v) is 6.58. The van der Waals surface area contributed by atoms with E-state index in [2.05, 4.69) is 0 Å². The monoisotopic (exact) mass is 347 g/mol. The van der Waals surface area contributed by atoms with Crippen molar-refractivity contribution in [2.24, 2.45) is 0 Å². The van der Waals surface area contributed by atoms with Crippen molar-refractivity contribution in [2.45, 2.75) is 17.7 Å². The molecule has 1 N–H and O–H groups in total. The highest BCUT2D eigenvalue weighted by atomic mass is 35.5. The molecule has 0 saturated heterocycles. The van der Waals surface area contributed by atoms with Gasteiger partial charge in [0.25, 0.3) is 0 Å². The van der Waals surface area contributed by atoms with E-state index in [4.69, 9.17) is 21.4 Å². The highest BCUT2D eigenvalue weighted by Crippen LogP contribution is 2.34. The van der Waals surface area contributed by atoms with Gasteiger partial charge in [-0.3, -0.25) is 0 Å². The van der Waals surface area contributed by atoms with E-state index in [1.807, 2.05) is 0 Å².